The first-order valence-corrected chi connectivity index (χ1v) is 10.3. The Labute approximate surface area is 167 Å². The molecule has 1 aromatic carbocycles. The van der Waals surface area contributed by atoms with Crippen molar-refractivity contribution >= 4 is 11.3 Å². The van der Waals surface area contributed by atoms with Crippen molar-refractivity contribution in [1.82, 2.24) is 19.9 Å². The first kappa shape index (κ1) is 19.0. The largest absolute Gasteiger partial charge is 0.485 e. The normalized spacial score (nSPS) is 16.2. The van der Waals surface area contributed by atoms with E-state index in [0.29, 0.717) is 24.0 Å². The third-order valence-electron chi connectivity index (χ3n) is 4.69. The van der Waals surface area contributed by atoms with Gasteiger partial charge in [0.2, 0.25) is 11.7 Å². The average Bonchev–Trinajstić information content (AvgIpc) is 3.32. The highest BCUT2D eigenvalue weighted by molar-refractivity contribution is 7.09. The van der Waals surface area contributed by atoms with Crippen LogP contribution in [0.15, 0.2) is 46.3 Å². The summed E-state index contributed by atoms with van der Waals surface area (Å²) < 4.78 is 23.9. The summed E-state index contributed by atoms with van der Waals surface area (Å²) in [4.78, 5) is 10.7. The number of hydrogen-bond donors (Lipinski definition) is 0. The van der Waals surface area contributed by atoms with Crippen LogP contribution in [0, 0.1) is 5.82 Å². The van der Waals surface area contributed by atoms with E-state index in [1.54, 1.807) is 12.1 Å². The lowest BCUT2D eigenvalue weighted by atomic mass is 10.3. The van der Waals surface area contributed by atoms with Gasteiger partial charge in [0.05, 0.1) is 6.54 Å². The van der Waals surface area contributed by atoms with Gasteiger partial charge < -0.3 is 9.26 Å². The van der Waals surface area contributed by atoms with E-state index in [0.717, 1.165) is 39.1 Å². The minimum Gasteiger partial charge on any atom is -0.485 e. The van der Waals surface area contributed by atoms with E-state index in [1.807, 2.05) is 11.3 Å². The van der Waals surface area contributed by atoms with Gasteiger partial charge in [-0.15, -0.1) is 11.3 Å². The highest BCUT2D eigenvalue weighted by Gasteiger charge is 2.18. The van der Waals surface area contributed by atoms with Gasteiger partial charge in [-0.05, 0) is 55.2 Å². The van der Waals surface area contributed by atoms with Crippen LogP contribution < -0.4 is 4.74 Å². The molecule has 0 amide bonds. The summed E-state index contributed by atoms with van der Waals surface area (Å²) in [6.45, 7) is 6.01. The zero-order valence-corrected chi connectivity index (χ0v) is 16.4. The molecule has 1 saturated heterocycles. The van der Waals surface area contributed by atoms with E-state index in [9.17, 15) is 4.39 Å². The summed E-state index contributed by atoms with van der Waals surface area (Å²) in [7, 11) is 0. The van der Waals surface area contributed by atoms with Crippen LogP contribution in [-0.2, 0) is 19.7 Å². The van der Waals surface area contributed by atoms with E-state index >= 15 is 0 Å². The number of thiophene rings is 1. The minimum absolute atomic E-state index is 0.198. The fraction of sp³-hybridized carbons (Fsp3) is 0.400. The van der Waals surface area contributed by atoms with Crippen molar-refractivity contribution in [3.8, 4) is 5.75 Å². The van der Waals surface area contributed by atoms with Crippen LogP contribution in [0.4, 0.5) is 4.39 Å². The summed E-state index contributed by atoms with van der Waals surface area (Å²) in [6.07, 6.45) is 1.13. The van der Waals surface area contributed by atoms with Crippen molar-refractivity contribution in [3.05, 3.63) is 64.2 Å². The van der Waals surface area contributed by atoms with Gasteiger partial charge in [-0.3, -0.25) is 9.80 Å². The van der Waals surface area contributed by atoms with Crippen molar-refractivity contribution in [2.24, 2.45) is 0 Å². The molecule has 1 fully saturated rings. The van der Waals surface area contributed by atoms with Crippen LogP contribution >= 0.6 is 11.3 Å². The maximum absolute atomic E-state index is 12.9. The molecule has 0 radical (unpaired) electrons. The van der Waals surface area contributed by atoms with Gasteiger partial charge in [0.1, 0.15) is 11.6 Å². The topological polar surface area (TPSA) is 54.6 Å². The number of benzene rings is 1. The Kier molecular flexibility index (Phi) is 6.31. The molecule has 1 aliphatic heterocycles. The highest BCUT2D eigenvalue weighted by Crippen LogP contribution is 2.15. The number of rotatable bonds is 7. The van der Waals surface area contributed by atoms with E-state index in [2.05, 4.69) is 37.5 Å². The molecule has 3 aromatic rings. The number of hydrogen-bond acceptors (Lipinski definition) is 7. The molecule has 28 heavy (non-hydrogen) atoms. The van der Waals surface area contributed by atoms with Gasteiger partial charge in [-0.1, -0.05) is 11.2 Å². The predicted molar refractivity (Wildman–Crippen MR) is 105 cm³/mol. The standard InChI is InChI=1S/C20H23FN4O2S/c21-16-4-6-17(7-5-16)26-15-19-22-20(27-23-19)14-25-9-2-8-24(10-11-25)13-18-3-1-12-28-18/h1,3-7,12H,2,8-11,13-15H2. The van der Waals surface area contributed by atoms with Crippen LogP contribution in [0.3, 0.4) is 0 Å². The van der Waals surface area contributed by atoms with Crippen molar-refractivity contribution in [2.45, 2.75) is 26.1 Å². The number of nitrogens with zero attached hydrogens (tertiary/aromatic N) is 4. The number of halogens is 1. The monoisotopic (exact) mass is 402 g/mol. The second-order valence-corrected chi connectivity index (χ2v) is 7.86. The summed E-state index contributed by atoms with van der Waals surface area (Å²) >= 11 is 1.81. The summed E-state index contributed by atoms with van der Waals surface area (Å²) in [5, 5.41) is 6.11. The van der Waals surface area contributed by atoms with Gasteiger partial charge in [0, 0.05) is 24.5 Å². The average molecular weight is 402 g/mol. The SMILES string of the molecule is Fc1ccc(OCc2noc(CN3CCCN(Cc4cccs4)CC3)n2)cc1. The van der Waals surface area contributed by atoms with Crippen LogP contribution in [0.5, 0.6) is 5.75 Å². The third kappa shape index (κ3) is 5.37. The van der Waals surface area contributed by atoms with E-state index in [4.69, 9.17) is 9.26 Å². The number of ether oxygens (including phenoxy) is 1. The molecule has 6 nitrogen and oxygen atoms in total. The second kappa shape index (κ2) is 9.27. The van der Waals surface area contributed by atoms with E-state index < -0.39 is 0 Å². The van der Waals surface area contributed by atoms with Crippen molar-refractivity contribution in [1.29, 1.82) is 0 Å². The minimum atomic E-state index is -0.291. The Balaban J connectivity index is 1.24. The van der Waals surface area contributed by atoms with Crippen molar-refractivity contribution in [3.63, 3.8) is 0 Å². The molecule has 0 atom stereocenters. The number of aromatic nitrogens is 2. The van der Waals surface area contributed by atoms with Gasteiger partial charge in [-0.2, -0.15) is 4.98 Å². The zero-order chi connectivity index (χ0) is 19.2. The molecule has 4 rings (SSSR count). The quantitative estimate of drug-likeness (QED) is 0.602. The van der Waals surface area contributed by atoms with Crippen LogP contribution in [0.1, 0.15) is 23.0 Å². The van der Waals surface area contributed by atoms with Crippen LogP contribution in [-0.4, -0.2) is 46.1 Å². The highest BCUT2D eigenvalue weighted by atomic mass is 32.1. The maximum Gasteiger partial charge on any atom is 0.240 e. The molecule has 148 valence electrons. The molecule has 0 unspecified atom stereocenters. The molecular formula is C20H23FN4O2S. The molecule has 0 aliphatic carbocycles. The molecule has 3 heterocycles. The molecular weight excluding hydrogens is 379 g/mol. The molecule has 1 aliphatic rings. The zero-order valence-electron chi connectivity index (χ0n) is 15.6. The van der Waals surface area contributed by atoms with Gasteiger partial charge in [0.25, 0.3) is 0 Å². The Morgan fingerprint density at radius 3 is 2.57 bits per heavy atom. The van der Waals surface area contributed by atoms with E-state index in [-0.39, 0.29) is 12.4 Å². The lowest BCUT2D eigenvalue weighted by Crippen LogP contribution is -2.30. The lowest BCUT2D eigenvalue weighted by molar-refractivity contribution is 0.222. The Morgan fingerprint density at radius 2 is 1.82 bits per heavy atom. The lowest BCUT2D eigenvalue weighted by Gasteiger charge is -2.20. The smallest absolute Gasteiger partial charge is 0.240 e. The van der Waals surface area contributed by atoms with Gasteiger partial charge >= 0.3 is 0 Å². The maximum atomic E-state index is 12.9. The first-order valence-electron chi connectivity index (χ1n) is 9.41. The summed E-state index contributed by atoms with van der Waals surface area (Å²) in [5.41, 5.74) is 0. The van der Waals surface area contributed by atoms with Gasteiger partial charge in [-0.25, -0.2) is 4.39 Å². The van der Waals surface area contributed by atoms with Crippen molar-refractivity contribution < 1.29 is 13.7 Å². The van der Waals surface area contributed by atoms with Crippen molar-refractivity contribution in [2.75, 3.05) is 26.2 Å². The molecule has 8 heteroatoms. The molecule has 0 N–H and O–H groups in total. The van der Waals surface area contributed by atoms with Gasteiger partial charge in [0.15, 0.2) is 6.61 Å². The first-order chi connectivity index (χ1) is 13.7. The van der Waals surface area contributed by atoms with E-state index in [1.165, 1.54) is 17.0 Å². The second-order valence-electron chi connectivity index (χ2n) is 6.83. The Hall–Kier alpha value is -2.29. The summed E-state index contributed by atoms with van der Waals surface area (Å²) in [6, 6.07) is 10.2. The Morgan fingerprint density at radius 1 is 1.04 bits per heavy atom. The van der Waals surface area contributed by atoms with Crippen LogP contribution in [0.2, 0.25) is 0 Å². The molecule has 2 aromatic heterocycles. The molecule has 0 bridgehead atoms. The molecule has 0 saturated carbocycles. The Bertz CT molecular complexity index is 853. The van der Waals surface area contributed by atoms with Crippen LogP contribution in [0.25, 0.3) is 0 Å². The molecule has 0 spiro atoms. The predicted octanol–water partition coefficient (Wildman–Crippen LogP) is 3.56. The third-order valence-corrected chi connectivity index (χ3v) is 5.55. The fourth-order valence-electron chi connectivity index (χ4n) is 3.25. The fourth-order valence-corrected chi connectivity index (χ4v) is 3.99. The summed E-state index contributed by atoms with van der Waals surface area (Å²) in [5.74, 6) is 1.38.